The van der Waals surface area contributed by atoms with Crippen molar-refractivity contribution in [1.82, 2.24) is 0 Å². The molecule has 2 fully saturated rings. The fraction of sp³-hybridized carbons (Fsp3) is 1.00. The molecule has 2 heteroatoms. The first-order valence-corrected chi connectivity index (χ1v) is 5.22. The number of ether oxygens (including phenoxy) is 1. The van der Waals surface area contributed by atoms with Crippen molar-refractivity contribution in [3.05, 3.63) is 0 Å². The fourth-order valence-electron chi connectivity index (χ4n) is 1.35. The van der Waals surface area contributed by atoms with Crippen molar-refractivity contribution in [2.75, 3.05) is 24.7 Å². The van der Waals surface area contributed by atoms with Gasteiger partial charge < -0.3 is 4.74 Å². The maximum absolute atomic E-state index is 5.54. The first kappa shape index (κ1) is 6.99. The van der Waals surface area contributed by atoms with Gasteiger partial charge in [-0.15, -0.1) is 0 Å². The van der Waals surface area contributed by atoms with Crippen LogP contribution in [-0.4, -0.2) is 24.7 Å². The highest BCUT2D eigenvalue weighted by atomic mass is 32.2. The Morgan fingerprint density at radius 3 is 3.00 bits per heavy atom. The number of rotatable bonds is 0. The van der Waals surface area contributed by atoms with E-state index < -0.39 is 0 Å². The van der Waals surface area contributed by atoms with E-state index in [9.17, 15) is 0 Å². The van der Waals surface area contributed by atoms with Gasteiger partial charge in [-0.05, 0) is 25.0 Å². The number of hydrogen-bond acceptors (Lipinski definition) is 2. The molecule has 0 amide bonds. The van der Waals surface area contributed by atoms with Gasteiger partial charge in [-0.1, -0.05) is 0 Å². The summed E-state index contributed by atoms with van der Waals surface area (Å²) in [5, 5.41) is 0. The quantitative estimate of drug-likeness (QED) is 0.532. The molecule has 0 atom stereocenters. The van der Waals surface area contributed by atoms with E-state index in [1.165, 1.54) is 30.8 Å². The Labute approximate surface area is 66.5 Å². The molecule has 1 heterocycles. The standard InChI is InChI=1S/C8H14OS/c1-4-9-6-8(2-3-8)7-10-5-1/h1-7H2. The topological polar surface area (TPSA) is 9.23 Å². The highest BCUT2D eigenvalue weighted by Gasteiger charge is 2.42. The normalized spacial score (nSPS) is 31.2. The third-order valence-corrected chi connectivity index (χ3v) is 3.74. The molecule has 10 heavy (non-hydrogen) atoms. The molecule has 1 aliphatic carbocycles. The number of thioether (sulfide) groups is 1. The lowest BCUT2D eigenvalue weighted by Crippen LogP contribution is -2.17. The van der Waals surface area contributed by atoms with Gasteiger partial charge in [-0.25, -0.2) is 0 Å². The van der Waals surface area contributed by atoms with Gasteiger partial charge in [0.15, 0.2) is 0 Å². The lowest BCUT2D eigenvalue weighted by molar-refractivity contribution is 0.0971. The molecule has 0 radical (unpaired) electrons. The van der Waals surface area contributed by atoms with Crippen molar-refractivity contribution < 1.29 is 4.74 Å². The van der Waals surface area contributed by atoms with Crippen molar-refractivity contribution in [2.24, 2.45) is 5.41 Å². The Hall–Kier alpha value is 0.310. The SMILES string of the molecule is C1COCC2(CC2)CSC1. The number of hydrogen-bond donors (Lipinski definition) is 0. The van der Waals surface area contributed by atoms with E-state index in [0.717, 1.165) is 13.2 Å². The molecular formula is C8H14OS. The van der Waals surface area contributed by atoms with Gasteiger partial charge in [0, 0.05) is 17.8 Å². The third kappa shape index (κ3) is 1.48. The van der Waals surface area contributed by atoms with Crippen LogP contribution in [0.5, 0.6) is 0 Å². The zero-order valence-corrected chi connectivity index (χ0v) is 7.08. The Morgan fingerprint density at radius 1 is 1.30 bits per heavy atom. The monoisotopic (exact) mass is 158 g/mol. The van der Waals surface area contributed by atoms with Gasteiger partial charge in [0.1, 0.15) is 0 Å². The summed E-state index contributed by atoms with van der Waals surface area (Å²) in [7, 11) is 0. The summed E-state index contributed by atoms with van der Waals surface area (Å²) in [6.45, 7) is 2.04. The molecule has 0 aromatic heterocycles. The fourth-order valence-corrected chi connectivity index (χ4v) is 2.62. The van der Waals surface area contributed by atoms with Crippen LogP contribution < -0.4 is 0 Å². The minimum atomic E-state index is 0.644. The summed E-state index contributed by atoms with van der Waals surface area (Å²) < 4.78 is 5.54. The van der Waals surface area contributed by atoms with Crippen LogP contribution in [0.2, 0.25) is 0 Å². The van der Waals surface area contributed by atoms with E-state index in [1.54, 1.807) is 0 Å². The highest BCUT2D eigenvalue weighted by molar-refractivity contribution is 7.99. The Morgan fingerprint density at radius 2 is 2.20 bits per heavy atom. The van der Waals surface area contributed by atoms with Crippen molar-refractivity contribution in [3.63, 3.8) is 0 Å². The predicted octanol–water partition coefficient (Wildman–Crippen LogP) is 1.92. The molecule has 1 saturated carbocycles. The van der Waals surface area contributed by atoms with Crippen LogP contribution in [0.25, 0.3) is 0 Å². The minimum Gasteiger partial charge on any atom is -0.381 e. The lowest BCUT2D eigenvalue weighted by Gasteiger charge is -2.17. The van der Waals surface area contributed by atoms with E-state index in [4.69, 9.17) is 4.74 Å². The smallest absolute Gasteiger partial charge is 0.0530 e. The maximum Gasteiger partial charge on any atom is 0.0530 e. The lowest BCUT2D eigenvalue weighted by atomic mass is 10.2. The molecular weight excluding hydrogens is 144 g/mol. The Kier molecular flexibility index (Phi) is 1.92. The molecule has 2 rings (SSSR count). The van der Waals surface area contributed by atoms with E-state index in [2.05, 4.69) is 11.8 Å². The first-order chi connectivity index (χ1) is 4.91. The maximum atomic E-state index is 5.54. The summed E-state index contributed by atoms with van der Waals surface area (Å²) in [6, 6.07) is 0. The molecule has 0 N–H and O–H groups in total. The minimum absolute atomic E-state index is 0.644. The van der Waals surface area contributed by atoms with Crippen molar-refractivity contribution >= 4 is 11.8 Å². The Balaban J connectivity index is 1.84. The second-order valence-electron chi connectivity index (χ2n) is 3.46. The molecule has 1 aliphatic heterocycles. The van der Waals surface area contributed by atoms with Crippen molar-refractivity contribution in [3.8, 4) is 0 Å². The second-order valence-corrected chi connectivity index (χ2v) is 4.56. The summed E-state index contributed by atoms with van der Waals surface area (Å²) >= 11 is 2.12. The summed E-state index contributed by atoms with van der Waals surface area (Å²) in [6.07, 6.45) is 4.08. The van der Waals surface area contributed by atoms with Crippen molar-refractivity contribution in [1.29, 1.82) is 0 Å². The second kappa shape index (κ2) is 2.74. The molecule has 1 nitrogen and oxygen atoms in total. The third-order valence-electron chi connectivity index (χ3n) is 2.35. The molecule has 58 valence electrons. The highest BCUT2D eigenvalue weighted by Crippen LogP contribution is 2.48. The van der Waals surface area contributed by atoms with Crippen LogP contribution in [0, 0.1) is 5.41 Å². The van der Waals surface area contributed by atoms with Gasteiger partial charge in [0.25, 0.3) is 0 Å². The molecule has 0 unspecified atom stereocenters. The van der Waals surface area contributed by atoms with Crippen LogP contribution in [0.1, 0.15) is 19.3 Å². The van der Waals surface area contributed by atoms with Crippen molar-refractivity contribution in [2.45, 2.75) is 19.3 Å². The van der Waals surface area contributed by atoms with Crippen LogP contribution in [-0.2, 0) is 4.74 Å². The molecule has 1 spiro atoms. The first-order valence-electron chi connectivity index (χ1n) is 4.07. The molecule has 0 aromatic carbocycles. The molecule has 0 aromatic rings. The molecule has 2 aliphatic rings. The summed E-state index contributed by atoms with van der Waals surface area (Å²) in [5.74, 6) is 2.66. The summed E-state index contributed by atoms with van der Waals surface area (Å²) in [4.78, 5) is 0. The average molecular weight is 158 g/mol. The zero-order chi connectivity index (χ0) is 6.86. The van der Waals surface area contributed by atoms with Gasteiger partial charge in [-0.2, -0.15) is 11.8 Å². The van der Waals surface area contributed by atoms with Gasteiger partial charge in [0.05, 0.1) is 6.61 Å². The summed E-state index contributed by atoms with van der Waals surface area (Å²) in [5.41, 5.74) is 0.644. The van der Waals surface area contributed by atoms with Gasteiger partial charge in [-0.3, -0.25) is 0 Å². The van der Waals surface area contributed by atoms with Gasteiger partial charge >= 0.3 is 0 Å². The van der Waals surface area contributed by atoms with Crippen LogP contribution >= 0.6 is 11.8 Å². The van der Waals surface area contributed by atoms with E-state index in [0.29, 0.717) is 5.41 Å². The van der Waals surface area contributed by atoms with Gasteiger partial charge in [0.2, 0.25) is 0 Å². The van der Waals surface area contributed by atoms with E-state index in [-0.39, 0.29) is 0 Å². The molecule has 1 saturated heterocycles. The van der Waals surface area contributed by atoms with Crippen LogP contribution in [0.15, 0.2) is 0 Å². The van der Waals surface area contributed by atoms with E-state index in [1.807, 2.05) is 0 Å². The largest absolute Gasteiger partial charge is 0.381 e. The van der Waals surface area contributed by atoms with Crippen LogP contribution in [0.4, 0.5) is 0 Å². The average Bonchev–Trinajstić information content (AvgIpc) is 2.61. The predicted molar refractivity (Wildman–Crippen MR) is 44.4 cm³/mol. The van der Waals surface area contributed by atoms with Crippen LogP contribution in [0.3, 0.4) is 0 Å². The van der Waals surface area contributed by atoms with E-state index >= 15 is 0 Å². The molecule has 0 bridgehead atoms. The Bertz CT molecular complexity index is 110. The zero-order valence-electron chi connectivity index (χ0n) is 6.27.